The summed E-state index contributed by atoms with van der Waals surface area (Å²) in [5, 5.41) is 0. The van der Waals surface area contributed by atoms with Crippen LogP contribution in [0.2, 0.25) is 0 Å². The minimum Gasteiger partial charge on any atom is -0.491 e. The summed E-state index contributed by atoms with van der Waals surface area (Å²) < 4.78 is 5.75. The lowest BCUT2D eigenvalue weighted by Crippen LogP contribution is -2.09. The minimum atomic E-state index is 0.227. The average Bonchev–Trinajstić information content (AvgIpc) is 2.28. The van der Waals surface area contributed by atoms with Crippen LogP contribution in [0.5, 0.6) is 5.75 Å². The molecule has 0 saturated heterocycles. The zero-order valence-electron chi connectivity index (χ0n) is 11.5. The van der Waals surface area contributed by atoms with Crippen LogP contribution in [0, 0.1) is 6.92 Å². The third-order valence-electron chi connectivity index (χ3n) is 3.04. The molecule has 0 aliphatic rings. The Morgan fingerprint density at radius 1 is 1.29 bits per heavy atom. The molecule has 0 radical (unpaired) electrons. The number of ether oxygens (including phenoxy) is 1. The van der Waals surface area contributed by atoms with Crippen LogP contribution < -0.4 is 10.5 Å². The fourth-order valence-corrected chi connectivity index (χ4v) is 2.12. The molecule has 1 aromatic rings. The van der Waals surface area contributed by atoms with Crippen molar-refractivity contribution in [3.63, 3.8) is 0 Å². The third-order valence-corrected chi connectivity index (χ3v) is 3.04. The van der Waals surface area contributed by atoms with Crippen molar-refractivity contribution in [3.8, 4) is 5.75 Å². The summed E-state index contributed by atoms with van der Waals surface area (Å²) in [6, 6.07) is 6.50. The predicted octanol–water partition coefficient (Wildman–Crippen LogP) is 3.62. The molecule has 17 heavy (non-hydrogen) atoms. The summed E-state index contributed by atoms with van der Waals surface area (Å²) in [5.41, 5.74) is 8.25. The zero-order valence-corrected chi connectivity index (χ0v) is 11.5. The first-order valence-corrected chi connectivity index (χ1v) is 6.55. The molecule has 0 aliphatic carbocycles. The quantitative estimate of drug-likeness (QED) is 0.817. The third kappa shape index (κ3) is 4.04. The minimum absolute atomic E-state index is 0.227. The van der Waals surface area contributed by atoms with Gasteiger partial charge in [0.1, 0.15) is 5.75 Å². The van der Waals surface area contributed by atoms with Gasteiger partial charge in [0.05, 0.1) is 6.10 Å². The first-order chi connectivity index (χ1) is 8.08. The fraction of sp³-hybridized carbons (Fsp3) is 0.600. The Hall–Kier alpha value is -1.02. The summed E-state index contributed by atoms with van der Waals surface area (Å²) in [6.45, 7) is 9.18. The van der Waals surface area contributed by atoms with Gasteiger partial charge in [-0.15, -0.1) is 0 Å². The van der Waals surface area contributed by atoms with Crippen LogP contribution in [0.1, 0.15) is 50.7 Å². The van der Waals surface area contributed by atoms with E-state index in [-0.39, 0.29) is 6.10 Å². The molecule has 0 amide bonds. The van der Waals surface area contributed by atoms with E-state index in [0.717, 1.165) is 25.1 Å². The van der Waals surface area contributed by atoms with E-state index >= 15 is 0 Å². The highest BCUT2D eigenvalue weighted by atomic mass is 16.5. The molecule has 1 unspecified atom stereocenters. The highest BCUT2D eigenvalue weighted by Gasteiger charge is 2.10. The molecule has 2 nitrogen and oxygen atoms in total. The van der Waals surface area contributed by atoms with Crippen LogP contribution in [0.25, 0.3) is 0 Å². The van der Waals surface area contributed by atoms with E-state index in [1.807, 2.05) is 0 Å². The molecule has 0 spiro atoms. The number of nitrogens with two attached hydrogens (primary N) is 1. The van der Waals surface area contributed by atoms with Crippen LogP contribution in [0.3, 0.4) is 0 Å². The number of benzene rings is 1. The molecule has 0 heterocycles. The average molecular weight is 235 g/mol. The van der Waals surface area contributed by atoms with Crippen molar-refractivity contribution in [2.24, 2.45) is 5.73 Å². The molecule has 2 heteroatoms. The van der Waals surface area contributed by atoms with E-state index in [1.54, 1.807) is 0 Å². The summed E-state index contributed by atoms with van der Waals surface area (Å²) >= 11 is 0. The van der Waals surface area contributed by atoms with Gasteiger partial charge in [0.25, 0.3) is 0 Å². The Morgan fingerprint density at radius 2 is 2.00 bits per heavy atom. The number of aryl methyl sites for hydroxylation is 1. The second-order valence-corrected chi connectivity index (χ2v) is 4.87. The number of hydrogen-bond donors (Lipinski definition) is 1. The van der Waals surface area contributed by atoms with Gasteiger partial charge in [-0.1, -0.05) is 19.1 Å². The van der Waals surface area contributed by atoms with Crippen molar-refractivity contribution in [2.45, 2.75) is 52.6 Å². The fourth-order valence-electron chi connectivity index (χ4n) is 2.12. The van der Waals surface area contributed by atoms with Gasteiger partial charge in [0.15, 0.2) is 0 Å². The highest BCUT2D eigenvalue weighted by Crippen LogP contribution is 2.28. The van der Waals surface area contributed by atoms with Crippen LogP contribution in [0.15, 0.2) is 18.2 Å². The SMILES string of the molecule is CCC(CCN)c1ccc(OC(C)C)c(C)c1. The lowest BCUT2D eigenvalue weighted by Gasteiger charge is -2.17. The van der Waals surface area contributed by atoms with E-state index in [4.69, 9.17) is 10.5 Å². The number of rotatable bonds is 6. The molecule has 0 aliphatic heterocycles. The summed E-state index contributed by atoms with van der Waals surface area (Å²) in [7, 11) is 0. The topological polar surface area (TPSA) is 35.2 Å². The Balaban J connectivity index is 2.86. The van der Waals surface area contributed by atoms with E-state index in [2.05, 4.69) is 45.9 Å². The lowest BCUT2D eigenvalue weighted by atomic mass is 9.92. The van der Waals surface area contributed by atoms with Gasteiger partial charge < -0.3 is 10.5 Å². The molecule has 1 aromatic carbocycles. The largest absolute Gasteiger partial charge is 0.491 e. The molecule has 0 fully saturated rings. The predicted molar refractivity (Wildman–Crippen MR) is 73.6 cm³/mol. The monoisotopic (exact) mass is 235 g/mol. The normalized spacial score (nSPS) is 12.8. The van der Waals surface area contributed by atoms with Gasteiger partial charge in [-0.05, 0) is 63.3 Å². The zero-order chi connectivity index (χ0) is 12.8. The molecule has 1 rings (SSSR count). The van der Waals surface area contributed by atoms with E-state index < -0.39 is 0 Å². The Kier molecular flexibility index (Phi) is 5.49. The molecule has 0 aromatic heterocycles. The van der Waals surface area contributed by atoms with Gasteiger partial charge in [-0.2, -0.15) is 0 Å². The van der Waals surface area contributed by atoms with Gasteiger partial charge >= 0.3 is 0 Å². The summed E-state index contributed by atoms with van der Waals surface area (Å²) in [4.78, 5) is 0. The van der Waals surface area contributed by atoms with Crippen molar-refractivity contribution in [2.75, 3.05) is 6.54 Å². The van der Waals surface area contributed by atoms with Crippen molar-refractivity contribution in [1.29, 1.82) is 0 Å². The molecular weight excluding hydrogens is 210 g/mol. The van der Waals surface area contributed by atoms with Crippen molar-refractivity contribution < 1.29 is 4.74 Å². The van der Waals surface area contributed by atoms with Crippen molar-refractivity contribution in [1.82, 2.24) is 0 Å². The molecule has 0 bridgehead atoms. The van der Waals surface area contributed by atoms with Crippen molar-refractivity contribution >= 4 is 0 Å². The van der Waals surface area contributed by atoms with Gasteiger partial charge in [-0.25, -0.2) is 0 Å². The summed E-state index contributed by atoms with van der Waals surface area (Å²) in [6.07, 6.45) is 2.42. The number of hydrogen-bond acceptors (Lipinski definition) is 2. The van der Waals surface area contributed by atoms with E-state index in [1.165, 1.54) is 11.1 Å². The van der Waals surface area contributed by atoms with Crippen LogP contribution >= 0.6 is 0 Å². The molecule has 2 N–H and O–H groups in total. The van der Waals surface area contributed by atoms with Crippen LogP contribution in [-0.4, -0.2) is 12.6 Å². The first kappa shape index (κ1) is 14.0. The van der Waals surface area contributed by atoms with Gasteiger partial charge in [0, 0.05) is 0 Å². The maximum atomic E-state index is 5.75. The van der Waals surface area contributed by atoms with Crippen LogP contribution in [-0.2, 0) is 0 Å². The van der Waals surface area contributed by atoms with Crippen molar-refractivity contribution in [3.05, 3.63) is 29.3 Å². The molecule has 96 valence electrons. The molecule has 0 saturated carbocycles. The van der Waals surface area contributed by atoms with Crippen LogP contribution in [0.4, 0.5) is 0 Å². The Labute approximate surface area is 105 Å². The Bertz CT molecular complexity index is 347. The second kappa shape index (κ2) is 6.65. The standard InChI is InChI=1S/C15H25NO/c1-5-13(8-9-16)14-6-7-15(12(4)10-14)17-11(2)3/h6-7,10-11,13H,5,8-9,16H2,1-4H3. The molecule has 1 atom stereocenters. The first-order valence-electron chi connectivity index (χ1n) is 6.55. The van der Waals surface area contributed by atoms with Gasteiger partial charge in [0.2, 0.25) is 0 Å². The lowest BCUT2D eigenvalue weighted by molar-refractivity contribution is 0.240. The maximum Gasteiger partial charge on any atom is 0.122 e. The Morgan fingerprint density at radius 3 is 2.47 bits per heavy atom. The summed E-state index contributed by atoms with van der Waals surface area (Å²) in [5.74, 6) is 1.57. The highest BCUT2D eigenvalue weighted by molar-refractivity contribution is 5.37. The van der Waals surface area contributed by atoms with E-state index in [0.29, 0.717) is 5.92 Å². The molecular formula is C15H25NO. The smallest absolute Gasteiger partial charge is 0.122 e. The van der Waals surface area contributed by atoms with Gasteiger partial charge in [-0.3, -0.25) is 0 Å². The maximum absolute atomic E-state index is 5.75. The second-order valence-electron chi connectivity index (χ2n) is 4.87. The van der Waals surface area contributed by atoms with E-state index in [9.17, 15) is 0 Å².